The molecule has 7 heteroatoms. The van der Waals surface area contributed by atoms with E-state index in [9.17, 15) is 4.79 Å². The number of rotatable bonds is 5. The zero-order valence-electron chi connectivity index (χ0n) is 16.7. The summed E-state index contributed by atoms with van der Waals surface area (Å²) in [5, 5.41) is 13.4. The van der Waals surface area contributed by atoms with Crippen molar-refractivity contribution in [3.63, 3.8) is 0 Å². The van der Waals surface area contributed by atoms with Gasteiger partial charge in [0.15, 0.2) is 5.82 Å². The van der Waals surface area contributed by atoms with E-state index in [0.29, 0.717) is 11.5 Å². The van der Waals surface area contributed by atoms with Gasteiger partial charge in [-0.05, 0) is 56.7 Å². The number of fused-ring (bicyclic) bond motifs is 1. The number of nitrogens with two attached hydrogens (primary N) is 1. The van der Waals surface area contributed by atoms with Gasteiger partial charge in [-0.1, -0.05) is 29.8 Å². The van der Waals surface area contributed by atoms with Crippen LogP contribution in [0.5, 0.6) is 0 Å². The van der Waals surface area contributed by atoms with Crippen LogP contribution in [0.25, 0.3) is 16.5 Å². The highest BCUT2D eigenvalue weighted by Gasteiger charge is 2.10. The predicted molar refractivity (Wildman–Crippen MR) is 118 cm³/mol. The van der Waals surface area contributed by atoms with Gasteiger partial charge in [0.05, 0.1) is 16.6 Å². The number of H-pyrrole nitrogens is 1. The number of pyridine rings is 1. The SMILES string of the molecule is C\C=C/C(=C\C=C(/C)c1nccc2[nH]nc(N)c12)NC(=O)Nc1ccc(C)cc1. The number of aromatic amines is 1. The fourth-order valence-electron chi connectivity index (χ4n) is 2.83. The zero-order chi connectivity index (χ0) is 20.8. The van der Waals surface area contributed by atoms with Gasteiger partial charge in [-0.15, -0.1) is 0 Å². The number of hydrogen-bond acceptors (Lipinski definition) is 4. The molecule has 3 rings (SSSR count). The van der Waals surface area contributed by atoms with E-state index in [1.165, 1.54) is 0 Å². The van der Waals surface area contributed by atoms with Crippen molar-refractivity contribution in [3.8, 4) is 0 Å². The van der Waals surface area contributed by atoms with Crippen LogP contribution in [0.15, 0.2) is 66.5 Å². The van der Waals surface area contributed by atoms with Crippen LogP contribution in [0, 0.1) is 6.92 Å². The average molecular weight is 388 g/mol. The van der Waals surface area contributed by atoms with Gasteiger partial charge in [-0.25, -0.2) is 4.79 Å². The lowest BCUT2D eigenvalue weighted by atomic mass is 10.1. The Hall–Kier alpha value is -3.87. The number of aryl methyl sites for hydroxylation is 1. The Labute approximate surface area is 169 Å². The monoisotopic (exact) mass is 388 g/mol. The predicted octanol–water partition coefficient (Wildman–Crippen LogP) is 4.53. The van der Waals surface area contributed by atoms with Crippen LogP contribution >= 0.6 is 0 Å². The highest BCUT2D eigenvalue weighted by Crippen LogP contribution is 2.25. The third-order valence-electron chi connectivity index (χ3n) is 4.30. The second kappa shape index (κ2) is 8.88. The van der Waals surface area contributed by atoms with E-state index in [2.05, 4.69) is 25.8 Å². The summed E-state index contributed by atoms with van der Waals surface area (Å²) in [6, 6.07) is 9.12. The Morgan fingerprint density at radius 1 is 1.17 bits per heavy atom. The van der Waals surface area contributed by atoms with Crippen LogP contribution in [0.2, 0.25) is 0 Å². The highest BCUT2D eigenvalue weighted by molar-refractivity contribution is 5.97. The van der Waals surface area contributed by atoms with E-state index >= 15 is 0 Å². The largest absolute Gasteiger partial charge is 0.382 e. The molecule has 3 aromatic rings. The van der Waals surface area contributed by atoms with Gasteiger partial charge in [-0.3, -0.25) is 10.1 Å². The van der Waals surface area contributed by atoms with Gasteiger partial charge < -0.3 is 16.4 Å². The van der Waals surface area contributed by atoms with Crippen LogP contribution in [0.1, 0.15) is 25.1 Å². The van der Waals surface area contributed by atoms with E-state index in [4.69, 9.17) is 5.73 Å². The number of carbonyl (C=O) groups is 1. The number of nitrogens with zero attached hydrogens (tertiary/aromatic N) is 2. The van der Waals surface area contributed by atoms with Crippen LogP contribution in [-0.4, -0.2) is 21.2 Å². The van der Waals surface area contributed by atoms with E-state index in [0.717, 1.165) is 33.4 Å². The molecule has 0 bridgehead atoms. The summed E-state index contributed by atoms with van der Waals surface area (Å²) in [7, 11) is 0. The molecule has 0 radical (unpaired) electrons. The number of nitrogen functional groups attached to an aromatic ring is 1. The van der Waals surface area contributed by atoms with Crippen molar-refractivity contribution in [3.05, 3.63) is 77.8 Å². The molecule has 7 nitrogen and oxygen atoms in total. The van der Waals surface area contributed by atoms with Crippen molar-refractivity contribution < 1.29 is 4.79 Å². The number of carbonyl (C=O) groups excluding carboxylic acids is 1. The van der Waals surface area contributed by atoms with Crippen LogP contribution in [0.4, 0.5) is 16.3 Å². The second-order valence-electron chi connectivity index (χ2n) is 6.61. The van der Waals surface area contributed by atoms with Crippen LogP contribution in [-0.2, 0) is 0 Å². The molecule has 0 atom stereocenters. The molecule has 1 aromatic carbocycles. The molecule has 2 amide bonds. The number of nitrogens with one attached hydrogen (secondary N) is 3. The molecule has 0 fully saturated rings. The number of hydrogen-bond donors (Lipinski definition) is 4. The molecule has 0 saturated heterocycles. The fraction of sp³-hybridized carbons (Fsp3) is 0.136. The van der Waals surface area contributed by atoms with E-state index in [1.807, 2.05) is 75.4 Å². The van der Waals surface area contributed by atoms with Gasteiger partial charge in [0, 0.05) is 17.6 Å². The summed E-state index contributed by atoms with van der Waals surface area (Å²) >= 11 is 0. The summed E-state index contributed by atoms with van der Waals surface area (Å²) in [5.41, 5.74) is 10.9. The molecule has 5 N–H and O–H groups in total. The Kier molecular flexibility index (Phi) is 6.09. The molecule has 2 heterocycles. The minimum absolute atomic E-state index is 0.316. The normalized spacial score (nSPS) is 12.5. The van der Waals surface area contributed by atoms with Gasteiger partial charge >= 0.3 is 6.03 Å². The third kappa shape index (κ3) is 4.90. The summed E-state index contributed by atoms with van der Waals surface area (Å²) < 4.78 is 0. The minimum Gasteiger partial charge on any atom is -0.382 e. The molecule has 0 aliphatic rings. The molecular formula is C22H24N6O. The fourth-order valence-corrected chi connectivity index (χ4v) is 2.83. The lowest BCUT2D eigenvalue weighted by Gasteiger charge is -2.09. The van der Waals surface area contributed by atoms with E-state index in [1.54, 1.807) is 6.20 Å². The molecule has 148 valence electrons. The first-order chi connectivity index (χ1) is 14.0. The Morgan fingerprint density at radius 3 is 2.66 bits per heavy atom. The lowest BCUT2D eigenvalue weighted by Crippen LogP contribution is -2.27. The zero-order valence-corrected chi connectivity index (χ0v) is 16.7. The van der Waals surface area contributed by atoms with Gasteiger partial charge in [0.2, 0.25) is 0 Å². The Morgan fingerprint density at radius 2 is 1.93 bits per heavy atom. The lowest BCUT2D eigenvalue weighted by molar-refractivity contribution is 0.254. The summed E-state index contributed by atoms with van der Waals surface area (Å²) in [6.07, 6.45) is 9.08. The maximum absolute atomic E-state index is 12.3. The van der Waals surface area contributed by atoms with Crippen LogP contribution < -0.4 is 16.4 Å². The molecule has 0 aliphatic heterocycles. The standard InChI is InChI=1S/C22H24N6O/c1-4-5-16(25-22(29)26-17-9-6-14(2)7-10-17)11-8-15(3)20-19-18(12-13-24-20)27-28-21(19)23/h4-13H,1-3H3,(H3,23,27,28)(H2,25,26,29)/b5-4-,15-8+,16-11+. The highest BCUT2D eigenvalue weighted by atomic mass is 16.2. The number of aromatic nitrogens is 3. The first kappa shape index (κ1) is 19.9. The third-order valence-corrected chi connectivity index (χ3v) is 4.30. The maximum atomic E-state index is 12.3. The Balaban J connectivity index is 1.79. The summed E-state index contributed by atoms with van der Waals surface area (Å²) in [4.78, 5) is 16.8. The summed E-state index contributed by atoms with van der Waals surface area (Å²) in [5.74, 6) is 0.407. The first-order valence-corrected chi connectivity index (χ1v) is 9.23. The summed E-state index contributed by atoms with van der Waals surface area (Å²) in [6.45, 7) is 5.82. The van der Waals surface area contributed by atoms with Crippen molar-refractivity contribution >= 4 is 34.0 Å². The molecule has 2 aromatic heterocycles. The maximum Gasteiger partial charge on any atom is 0.323 e. The molecule has 0 unspecified atom stereocenters. The van der Waals surface area contributed by atoms with Crippen molar-refractivity contribution in [1.29, 1.82) is 0 Å². The van der Waals surface area contributed by atoms with Crippen molar-refractivity contribution in [1.82, 2.24) is 20.5 Å². The van der Waals surface area contributed by atoms with Crippen LogP contribution in [0.3, 0.4) is 0 Å². The number of anilines is 2. The molecular weight excluding hydrogens is 364 g/mol. The minimum atomic E-state index is -0.316. The molecule has 0 saturated carbocycles. The van der Waals surface area contributed by atoms with E-state index in [-0.39, 0.29) is 6.03 Å². The Bertz CT molecular complexity index is 1110. The number of amides is 2. The average Bonchev–Trinajstić information content (AvgIpc) is 3.09. The smallest absolute Gasteiger partial charge is 0.323 e. The van der Waals surface area contributed by atoms with Gasteiger partial charge in [0.25, 0.3) is 0 Å². The quantitative estimate of drug-likeness (QED) is 0.481. The van der Waals surface area contributed by atoms with E-state index < -0.39 is 0 Å². The number of benzene rings is 1. The first-order valence-electron chi connectivity index (χ1n) is 9.23. The molecule has 0 spiro atoms. The topological polar surface area (TPSA) is 109 Å². The molecule has 0 aliphatic carbocycles. The van der Waals surface area contributed by atoms with Gasteiger partial charge in [0.1, 0.15) is 0 Å². The van der Waals surface area contributed by atoms with Gasteiger partial charge in [-0.2, -0.15) is 5.10 Å². The van der Waals surface area contributed by atoms with Crippen molar-refractivity contribution in [2.45, 2.75) is 20.8 Å². The number of urea groups is 1. The molecule has 29 heavy (non-hydrogen) atoms. The second-order valence-corrected chi connectivity index (χ2v) is 6.61. The van der Waals surface area contributed by atoms with Crippen molar-refractivity contribution in [2.24, 2.45) is 0 Å². The van der Waals surface area contributed by atoms with Crippen molar-refractivity contribution in [2.75, 3.05) is 11.1 Å². The number of allylic oxidation sites excluding steroid dienone is 5.